The molecular formula is C23H23FN2O3. The summed E-state index contributed by atoms with van der Waals surface area (Å²) in [5.41, 5.74) is 2.13. The molecule has 0 saturated carbocycles. The molecule has 2 aliphatic rings. The normalized spacial score (nSPS) is 24.6. The molecule has 150 valence electrons. The lowest BCUT2D eigenvalue weighted by Crippen LogP contribution is -2.66. The molecule has 1 amide bonds. The van der Waals surface area contributed by atoms with Gasteiger partial charge in [-0.1, -0.05) is 42.5 Å². The Labute approximate surface area is 169 Å². The highest BCUT2D eigenvalue weighted by Crippen LogP contribution is 2.42. The van der Waals surface area contributed by atoms with Crippen LogP contribution in [0.1, 0.15) is 24.3 Å². The fourth-order valence-electron chi connectivity index (χ4n) is 4.45. The number of aliphatic hydroxyl groups excluding tert-OH is 1. The molecule has 5 nitrogen and oxygen atoms in total. The second kappa shape index (κ2) is 8.32. The number of nitriles is 1. The number of amides is 1. The van der Waals surface area contributed by atoms with Crippen molar-refractivity contribution in [1.82, 2.24) is 4.90 Å². The van der Waals surface area contributed by atoms with E-state index in [1.54, 1.807) is 23.1 Å². The Morgan fingerprint density at radius 3 is 2.48 bits per heavy atom. The van der Waals surface area contributed by atoms with E-state index in [2.05, 4.69) is 6.07 Å². The van der Waals surface area contributed by atoms with Gasteiger partial charge in [0.2, 0.25) is 5.91 Å². The second-order valence-corrected chi connectivity index (χ2v) is 7.58. The van der Waals surface area contributed by atoms with Crippen LogP contribution in [0, 0.1) is 23.1 Å². The number of halogens is 1. The van der Waals surface area contributed by atoms with Crippen molar-refractivity contribution in [3.63, 3.8) is 0 Å². The maximum atomic E-state index is 14.0. The number of rotatable bonds is 4. The lowest BCUT2D eigenvalue weighted by Gasteiger charge is -2.52. The van der Waals surface area contributed by atoms with Gasteiger partial charge in [0.25, 0.3) is 0 Å². The van der Waals surface area contributed by atoms with Crippen molar-refractivity contribution >= 4 is 5.91 Å². The summed E-state index contributed by atoms with van der Waals surface area (Å²) in [5, 5.41) is 19.7. The molecule has 1 N–H and O–H groups in total. The molecule has 6 heteroatoms. The number of carbonyl (C=O) groups excluding carboxylic acids is 1. The van der Waals surface area contributed by atoms with Gasteiger partial charge >= 0.3 is 0 Å². The number of benzene rings is 2. The van der Waals surface area contributed by atoms with Crippen molar-refractivity contribution in [3.8, 4) is 17.2 Å². The van der Waals surface area contributed by atoms with Gasteiger partial charge in [-0.15, -0.1) is 0 Å². The van der Waals surface area contributed by atoms with Crippen LogP contribution in [-0.2, 0) is 9.53 Å². The minimum absolute atomic E-state index is 0.0712. The summed E-state index contributed by atoms with van der Waals surface area (Å²) in [4.78, 5) is 14.5. The van der Waals surface area contributed by atoms with Gasteiger partial charge in [-0.05, 0) is 30.0 Å². The number of ether oxygens (including phenoxy) is 1. The molecule has 2 fully saturated rings. The molecule has 0 aliphatic carbocycles. The van der Waals surface area contributed by atoms with Crippen molar-refractivity contribution < 1.29 is 19.0 Å². The van der Waals surface area contributed by atoms with Crippen LogP contribution in [0.3, 0.4) is 0 Å². The molecule has 0 unspecified atom stereocenters. The Morgan fingerprint density at radius 1 is 1.17 bits per heavy atom. The zero-order chi connectivity index (χ0) is 20.4. The predicted molar refractivity (Wildman–Crippen MR) is 105 cm³/mol. The Bertz CT molecular complexity index is 918. The van der Waals surface area contributed by atoms with E-state index in [0.29, 0.717) is 31.6 Å². The van der Waals surface area contributed by atoms with Crippen molar-refractivity contribution in [3.05, 3.63) is 59.9 Å². The van der Waals surface area contributed by atoms with Crippen molar-refractivity contribution in [2.45, 2.75) is 30.8 Å². The smallest absolute Gasteiger partial charge is 0.227 e. The van der Waals surface area contributed by atoms with Crippen molar-refractivity contribution in [2.75, 3.05) is 19.8 Å². The van der Waals surface area contributed by atoms with Crippen LogP contribution in [0.2, 0.25) is 0 Å². The van der Waals surface area contributed by atoms with Crippen LogP contribution in [0.4, 0.5) is 4.39 Å². The zero-order valence-corrected chi connectivity index (χ0v) is 16.0. The average molecular weight is 394 g/mol. The maximum absolute atomic E-state index is 14.0. The third kappa shape index (κ3) is 3.52. The molecule has 0 radical (unpaired) electrons. The summed E-state index contributed by atoms with van der Waals surface area (Å²) in [6, 6.07) is 15.1. The van der Waals surface area contributed by atoms with E-state index < -0.39 is 12.1 Å². The van der Waals surface area contributed by atoms with E-state index in [9.17, 15) is 19.6 Å². The van der Waals surface area contributed by atoms with Gasteiger partial charge < -0.3 is 14.7 Å². The Hall–Kier alpha value is -2.75. The van der Waals surface area contributed by atoms with Crippen LogP contribution in [0.25, 0.3) is 11.1 Å². The van der Waals surface area contributed by atoms with E-state index in [1.165, 1.54) is 6.07 Å². The minimum Gasteiger partial charge on any atom is -0.394 e. The molecular weight excluding hydrogens is 371 g/mol. The van der Waals surface area contributed by atoms with Crippen LogP contribution in [0.15, 0.2) is 48.5 Å². The highest BCUT2D eigenvalue weighted by Gasteiger charge is 2.52. The van der Waals surface area contributed by atoms with E-state index >= 15 is 0 Å². The first-order chi connectivity index (χ1) is 14.2. The van der Waals surface area contributed by atoms with Crippen molar-refractivity contribution in [2.24, 2.45) is 5.92 Å². The number of aliphatic hydroxyl groups is 1. The molecule has 29 heavy (non-hydrogen) atoms. The first kappa shape index (κ1) is 19.6. The molecule has 0 spiro atoms. The molecule has 3 atom stereocenters. The van der Waals surface area contributed by atoms with E-state index in [4.69, 9.17) is 4.74 Å². The van der Waals surface area contributed by atoms with Crippen LogP contribution in [0.5, 0.6) is 0 Å². The standard InChI is InChI=1S/C23H23FN2O3/c24-19-4-2-1-3-18(19)15-5-7-16(8-6-15)22-20(13-25)26(21(22)14-27)23(28)17-9-11-29-12-10-17/h1-8,17,20-22,27H,9-12,14H2/t20-,21+,22-/m1/s1. The predicted octanol–water partition coefficient (Wildman–Crippen LogP) is 3.10. The first-order valence-electron chi connectivity index (χ1n) is 9.91. The molecule has 2 aromatic rings. The van der Waals surface area contributed by atoms with Crippen molar-refractivity contribution in [1.29, 1.82) is 5.26 Å². The second-order valence-electron chi connectivity index (χ2n) is 7.58. The van der Waals surface area contributed by atoms with Gasteiger partial charge in [-0.2, -0.15) is 5.26 Å². The number of likely N-dealkylation sites (tertiary alicyclic amines) is 1. The first-order valence-corrected chi connectivity index (χ1v) is 9.91. The van der Waals surface area contributed by atoms with E-state index in [-0.39, 0.29) is 30.2 Å². The highest BCUT2D eigenvalue weighted by molar-refractivity contribution is 5.81. The molecule has 2 saturated heterocycles. The van der Waals surface area contributed by atoms with Gasteiger partial charge in [-0.3, -0.25) is 4.79 Å². The summed E-state index contributed by atoms with van der Waals surface area (Å²) in [5.74, 6) is -0.778. The average Bonchev–Trinajstić information content (AvgIpc) is 2.75. The maximum Gasteiger partial charge on any atom is 0.227 e. The van der Waals surface area contributed by atoms with Gasteiger partial charge in [0.05, 0.1) is 18.7 Å². The van der Waals surface area contributed by atoms with Gasteiger partial charge in [0, 0.05) is 30.6 Å². The van der Waals surface area contributed by atoms with Gasteiger partial charge in [0.15, 0.2) is 0 Å². The SMILES string of the molecule is N#C[C@@H]1[C@@H](c2ccc(-c3ccccc3F)cc2)[C@H](CO)N1C(=O)C1CCOCC1. The fourth-order valence-corrected chi connectivity index (χ4v) is 4.45. The molecule has 4 rings (SSSR count). The molecule has 2 heterocycles. The third-order valence-electron chi connectivity index (χ3n) is 6.04. The Morgan fingerprint density at radius 2 is 1.86 bits per heavy atom. The van der Waals surface area contributed by atoms with E-state index in [0.717, 1.165) is 11.1 Å². The molecule has 2 aliphatic heterocycles. The van der Waals surface area contributed by atoms with Gasteiger partial charge in [0.1, 0.15) is 11.9 Å². The molecule has 0 bridgehead atoms. The largest absolute Gasteiger partial charge is 0.394 e. The lowest BCUT2D eigenvalue weighted by molar-refractivity contribution is -0.154. The summed E-state index contributed by atoms with van der Waals surface area (Å²) in [7, 11) is 0. The lowest BCUT2D eigenvalue weighted by atomic mass is 9.74. The number of nitrogens with zero attached hydrogens (tertiary/aromatic N) is 2. The van der Waals surface area contributed by atoms with Crippen LogP contribution in [-0.4, -0.2) is 47.8 Å². The Balaban J connectivity index is 1.56. The highest BCUT2D eigenvalue weighted by atomic mass is 19.1. The van der Waals surface area contributed by atoms with Crippen LogP contribution < -0.4 is 0 Å². The fraction of sp³-hybridized carbons (Fsp3) is 0.391. The van der Waals surface area contributed by atoms with Crippen LogP contribution >= 0.6 is 0 Å². The Kier molecular flexibility index (Phi) is 5.61. The minimum atomic E-state index is -0.609. The number of hydrogen-bond acceptors (Lipinski definition) is 4. The zero-order valence-electron chi connectivity index (χ0n) is 16.0. The molecule has 0 aromatic heterocycles. The third-order valence-corrected chi connectivity index (χ3v) is 6.04. The summed E-state index contributed by atoms with van der Waals surface area (Å²) < 4.78 is 19.4. The van der Waals surface area contributed by atoms with Gasteiger partial charge in [-0.25, -0.2) is 4.39 Å². The van der Waals surface area contributed by atoms with E-state index in [1.807, 2.05) is 24.3 Å². The summed E-state index contributed by atoms with van der Waals surface area (Å²) in [6.07, 6.45) is 1.29. The summed E-state index contributed by atoms with van der Waals surface area (Å²) in [6.45, 7) is 0.894. The number of hydrogen-bond donors (Lipinski definition) is 1. The monoisotopic (exact) mass is 394 g/mol. The molecule has 2 aromatic carbocycles. The quantitative estimate of drug-likeness (QED) is 0.865. The number of carbonyl (C=O) groups is 1. The topological polar surface area (TPSA) is 73.6 Å². The summed E-state index contributed by atoms with van der Waals surface area (Å²) >= 11 is 0.